The summed E-state index contributed by atoms with van der Waals surface area (Å²) in [5.74, 6) is -0.656. The van der Waals surface area contributed by atoms with E-state index < -0.39 is 5.82 Å². The van der Waals surface area contributed by atoms with Crippen LogP contribution in [0.3, 0.4) is 0 Å². The highest BCUT2D eigenvalue weighted by atomic mass is 35.5. The molecule has 32 heavy (non-hydrogen) atoms. The molecule has 1 aliphatic rings. The standard InChI is InChI=1S/C24H26ClFN4O2/c1-15-19-7-3-4-9-21(19)30(28-15)14-23(32)29(16(2)17-10-11-17)13-22(31)27-12-18-6-5-8-20(25)24(18)26/h3-9,16-17H,10-14H2,1-2H3,(H,27,31). The number of fused-ring (bicyclic) bond motifs is 1. The monoisotopic (exact) mass is 456 g/mol. The van der Waals surface area contributed by atoms with Crippen LogP contribution in [0.4, 0.5) is 4.39 Å². The Morgan fingerprint density at radius 2 is 2.00 bits per heavy atom. The molecule has 0 bridgehead atoms. The first-order valence-corrected chi connectivity index (χ1v) is 11.1. The van der Waals surface area contributed by atoms with Gasteiger partial charge in [-0.05, 0) is 44.7 Å². The number of aromatic nitrogens is 2. The molecule has 0 saturated heterocycles. The average Bonchev–Trinajstić information content (AvgIpc) is 3.58. The predicted molar refractivity (Wildman–Crippen MR) is 122 cm³/mol. The fourth-order valence-corrected chi connectivity index (χ4v) is 4.21. The van der Waals surface area contributed by atoms with Gasteiger partial charge in [0.25, 0.3) is 0 Å². The molecule has 1 fully saturated rings. The van der Waals surface area contributed by atoms with Crippen molar-refractivity contribution in [2.75, 3.05) is 6.54 Å². The summed E-state index contributed by atoms with van der Waals surface area (Å²) in [6.45, 7) is 3.87. The fourth-order valence-electron chi connectivity index (χ4n) is 4.01. The van der Waals surface area contributed by atoms with Gasteiger partial charge in [-0.3, -0.25) is 14.3 Å². The van der Waals surface area contributed by atoms with Crippen LogP contribution < -0.4 is 5.32 Å². The number of aryl methyl sites for hydroxylation is 1. The van der Waals surface area contributed by atoms with Gasteiger partial charge in [-0.15, -0.1) is 0 Å². The third kappa shape index (κ3) is 4.78. The minimum Gasteiger partial charge on any atom is -0.350 e. The quantitative estimate of drug-likeness (QED) is 0.555. The molecule has 2 aromatic carbocycles. The van der Waals surface area contributed by atoms with Gasteiger partial charge in [-0.25, -0.2) is 4.39 Å². The molecule has 0 radical (unpaired) electrons. The van der Waals surface area contributed by atoms with Crippen LogP contribution in [0.5, 0.6) is 0 Å². The summed E-state index contributed by atoms with van der Waals surface area (Å²) in [4.78, 5) is 27.5. The van der Waals surface area contributed by atoms with E-state index in [-0.39, 0.29) is 42.5 Å². The summed E-state index contributed by atoms with van der Waals surface area (Å²) >= 11 is 5.81. The Kier molecular flexibility index (Phi) is 6.46. The highest BCUT2D eigenvalue weighted by Crippen LogP contribution is 2.35. The average molecular weight is 457 g/mol. The molecule has 2 amide bonds. The second-order valence-corrected chi connectivity index (χ2v) is 8.76. The van der Waals surface area contributed by atoms with Crippen LogP contribution in [0.1, 0.15) is 31.0 Å². The molecule has 1 heterocycles. The Morgan fingerprint density at radius 3 is 2.75 bits per heavy atom. The molecule has 3 aromatic rings. The van der Waals surface area contributed by atoms with Gasteiger partial charge in [-0.2, -0.15) is 5.10 Å². The van der Waals surface area contributed by atoms with Crippen LogP contribution in [0, 0.1) is 18.7 Å². The van der Waals surface area contributed by atoms with Gasteiger partial charge >= 0.3 is 0 Å². The Balaban J connectivity index is 1.46. The molecular formula is C24H26ClFN4O2. The highest BCUT2D eigenvalue weighted by Gasteiger charge is 2.35. The van der Waals surface area contributed by atoms with E-state index in [0.29, 0.717) is 11.5 Å². The number of halogens is 2. The normalized spacial score (nSPS) is 14.4. The predicted octanol–water partition coefficient (Wildman–Crippen LogP) is 4.08. The molecule has 6 nitrogen and oxygen atoms in total. The third-order valence-corrected chi connectivity index (χ3v) is 6.36. The number of nitrogens with one attached hydrogen (secondary N) is 1. The van der Waals surface area contributed by atoms with Gasteiger partial charge in [-0.1, -0.05) is 41.9 Å². The zero-order chi connectivity index (χ0) is 22.8. The van der Waals surface area contributed by atoms with Crippen molar-refractivity contribution in [3.05, 3.63) is 64.6 Å². The first-order chi connectivity index (χ1) is 15.3. The molecule has 8 heteroatoms. The first kappa shape index (κ1) is 22.3. The molecule has 1 aromatic heterocycles. The van der Waals surface area contributed by atoms with Gasteiger partial charge in [0.15, 0.2) is 0 Å². The second kappa shape index (κ2) is 9.28. The van der Waals surface area contributed by atoms with Gasteiger partial charge in [0.05, 0.1) is 22.8 Å². The van der Waals surface area contributed by atoms with E-state index in [2.05, 4.69) is 10.4 Å². The van der Waals surface area contributed by atoms with Crippen molar-refractivity contribution < 1.29 is 14.0 Å². The molecule has 168 valence electrons. The highest BCUT2D eigenvalue weighted by molar-refractivity contribution is 6.30. The Hall–Kier alpha value is -2.93. The maximum absolute atomic E-state index is 14.1. The van der Waals surface area contributed by atoms with Crippen molar-refractivity contribution >= 4 is 34.3 Å². The van der Waals surface area contributed by atoms with Crippen LogP contribution in [0.25, 0.3) is 10.9 Å². The fraction of sp³-hybridized carbons (Fsp3) is 0.375. The number of hydrogen-bond donors (Lipinski definition) is 1. The number of para-hydroxylation sites is 1. The molecule has 0 aliphatic heterocycles. The summed E-state index contributed by atoms with van der Waals surface area (Å²) in [5.41, 5.74) is 2.05. The van der Waals surface area contributed by atoms with Crippen molar-refractivity contribution in [1.82, 2.24) is 20.0 Å². The first-order valence-electron chi connectivity index (χ1n) is 10.8. The van der Waals surface area contributed by atoms with E-state index in [4.69, 9.17) is 11.6 Å². The zero-order valence-electron chi connectivity index (χ0n) is 18.1. The zero-order valence-corrected chi connectivity index (χ0v) is 18.9. The van der Waals surface area contributed by atoms with Crippen LogP contribution in [-0.4, -0.2) is 39.1 Å². The van der Waals surface area contributed by atoms with Gasteiger partial charge < -0.3 is 10.2 Å². The van der Waals surface area contributed by atoms with Crippen molar-refractivity contribution in [3.63, 3.8) is 0 Å². The van der Waals surface area contributed by atoms with Crippen LogP contribution >= 0.6 is 11.6 Å². The molecule has 0 spiro atoms. The van der Waals surface area contributed by atoms with E-state index in [9.17, 15) is 14.0 Å². The number of hydrogen-bond acceptors (Lipinski definition) is 3. The van der Waals surface area contributed by atoms with E-state index in [1.54, 1.807) is 21.7 Å². The lowest BCUT2D eigenvalue weighted by atomic mass is 10.1. The van der Waals surface area contributed by atoms with Crippen molar-refractivity contribution in [3.8, 4) is 0 Å². The summed E-state index contributed by atoms with van der Waals surface area (Å²) in [6.07, 6.45) is 2.09. The smallest absolute Gasteiger partial charge is 0.245 e. The summed E-state index contributed by atoms with van der Waals surface area (Å²) in [6, 6.07) is 12.4. The van der Waals surface area contributed by atoms with Crippen LogP contribution in [-0.2, 0) is 22.7 Å². The third-order valence-electron chi connectivity index (χ3n) is 6.07. The number of carbonyl (C=O) groups is 2. The van der Waals surface area contributed by atoms with Gasteiger partial charge in [0.2, 0.25) is 11.8 Å². The lowest BCUT2D eigenvalue weighted by Crippen LogP contribution is -2.47. The maximum Gasteiger partial charge on any atom is 0.245 e. The van der Waals surface area contributed by atoms with E-state index in [0.717, 1.165) is 29.4 Å². The molecular weight excluding hydrogens is 431 g/mol. The molecule has 1 atom stereocenters. The largest absolute Gasteiger partial charge is 0.350 e. The minimum atomic E-state index is -0.547. The van der Waals surface area contributed by atoms with Gasteiger partial charge in [0, 0.05) is 23.5 Å². The van der Waals surface area contributed by atoms with Crippen molar-refractivity contribution in [2.45, 2.75) is 45.8 Å². The number of carbonyl (C=O) groups excluding carboxylic acids is 2. The Labute approximate surface area is 191 Å². The summed E-state index contributed by atoms with van der Waals surface area (Å²) < 4.78 is 15.8. The molecule has 1 N–H and O–H groups in total. The van der Waals surface area contributed by atoms with Gasteiger partial charge in [0.1, 0.15) is 12.4 Å². The second-order valence-electron chi connectivity index (χ2n) is 8.35. The van der Waals surface area contributed by atoms with Crippen molar-refractivity contribution in [2.24, 2.45) is 5.92 Å². The Bertz CT molecular complexity index is 1160. The molecule has 4 rings (SSSR count). The summed E-state index contributed by atoms with van der Waals surface area (Å²) in [7, 11) is 0. The Morgan fingerprint density at radius 1 is 1.25 bits per heavy atom. The minimum absolute atomic E-state index is 0.00799. The van der Waals surface area contributed by atoms with Crippen LogP contribution in [0.15, 0.2) is 42.5 Å². The number of amides is 2. The SMILES string of the molecule is Cc1nn(CC(=O)N(CC(=O)NCc2cccc(Cl)c2F)C(C)C2CC2)c2ccccc12. The number of benzene rings is 2. The van der Waals surface area contributed by atoms with Crippen LogP contribution in [0.2, 0.25) is 5.02 Å². The van der Waals surface area contributed by atoms with E-state index in [1.165, 1.54) is 6.07 Å². The van der Waals surface area contributed by atoms with E-state index in [1.807, 2.05) is 38.1 Å². The topological polar surface area (TPSA) is 67.2 Å². The molecule has 1 saturated carbocycles. The van der Waals surface area contributed by atoms with E-state index >= 15 is 0 Å². The van der Waals surface area contributed by atoms with Crippen molar-refractivity contribution in [1.29, 1.82) is 0 Å². The molecule has 1 aliphatic carbocycles. The number of nitrogens with zero attached hydrogens (tertiary/aromatic N) is 3. The molecule has 1 unspecified atom stereocenters. The summed E-state index contributed by atoms with van der Waals surface area (Å²) in [5, 5.41) is 8.24. The maximum atomic E-state index is 14.1. The lowest BCUT2D eigenvalue weighted by Gasteiger charge is -2.29. The lowest BCUT2D eigenvalue weighted by molar-refractivity contribution is -0.139. The number of rotatable bonds is 8.